The number of rotatable bonds is 7. The standard InChI is InChI=1S/C22H25F3N2O2/c1-12(2)9-27(10-13(3)4)11-16-19(28)6-5-15-21(26-29-22(15)16)14-7-17(23)20(25)18(24)8-14/h5-8,12-13,28H,9-11H2,1-4H3. The number of aromatic hydroxyl groups is 1. The number of phenols is 1. The summed E-state index contributed by atoms with van der Waals surface area (Å²) in [6, 6.07) is 4.85. The molecule has 0 saturated heterocycles. The Bertz CT molecular complexity index is 982. The lowest BCUT2D eigenvalue weighted by atomic mass is 10.0. The number of halogens is 3. The fourth-order valence-electron chi connectivity index (χ4n) is 3.56. The van der Waals surface area contributed by atoms with Crippen molar-refractivity contribution < 1.29 is 22.8 Å². The third kappa shape index (κ3) is 4.56. The van der Waals surface area contributed by atoms with Crippen molar-refractivity contribution in [1.29, 1.82) is 0 Å². The van der Waals surface area contributed by atoms with Crippen LogP contribution < -0.4 is 0 Å². The van der Waals surface area contributed by atoms with Crippen LogP contribution in [-0.4, -0.2) is 28.3 Å². The van der Waals surface area contributed by atoms with Crippen molar-refractivity contribution in [3.8, 4) is 17.0 Å². The highest BCUT2D eigenvalue weighted by Crippen LogP contribution is 2.35. The molecule has 0 spiro atoms. The van der Waals surface area contributed by atoms with Crippen LogP contribution in [0.1, 0.15) is 33.3 Å². The minimum atomic E-state index is -1.53. The minimum Gasteiger partial charge on any atom is -0.507 e. The first-order chi connectivity index (χ1) is 13.7. The van der Waals surface area contributed by atoms with Gasteiger partial charge in [0.1, 0.15) is 11.4 Å². The van der Waals surface area contributed by atoms with Crippen molar-refractivity contribution in [3.63, 3.8) is 0 Å². The molecule has 0 unspecified atom stereocenters. The molecule has 0 radical (unpaired) electrons. The van der Waals surface area contributed by atoms with Crippen LogP contribution in [0.25, 0.3) is 22.2 Å². The molecule has 0 aliphatic rings. The van der Waals surface area contributed by atoms with Crippen LogP contribution >= 0.6 is 0 Å². The van der Waals surface area contributed by atoms with Crippen LogP contribution in [0.4, 0.5) is 13.2 Å². The SMILES string of the molecule is CC(C)CN(Cc1c(O)ccc2c(-c3cc(F)c(F)c(F)c3)noc12)CC(C)C. The zero-order valence-electron chi connectivity index (χ0n) is 17.0. The zero-order chi connectivity index (χ0) is 21.3. The Morgan fingerprint density at radius 3 is 2.14 bits per heavy atom. The molecule has 0 aliphatic heterocycles. The van der Waals surface area contributed by atoms with Crippen LogP contribution in [0.5, 0.6) is 5.75 Å². The zero-order valence-corrected chi connectivity index (χ0v) is 17.0. The molecule has 29 heavy (non-hydrogen) atoms. The van der Waals surface area contributed by atoms with E-state index in [1.54, 1.807) is 6.07 Å². The molecule has 1 heterocycles. The van der Waals surface area contributed by atoms with Crippen LogP contribution in [-0.2, 0) is 6.54 Å². The lowest BCUT2D eigenvalue weighted by molar-refractivity contribution is 0.209. The van der Waals surface area contributed by atoms with E-state index in [9.17, 15) is 18.3 Å². The van der Waals surface area contributed by atoms with Gasteiger partial charge in [0.05, 0.1) is 10.9 Å². The number of hydrogen-bond acceptors (Lipinski definition) is 4. The first-order valence-electron chi connectivity index (χ1n) is 9.64. The number of phenolic OH excluding ortho intramolecular Hbond substituents is 1. The van der Waals surface area contributed by atoms with E-state index in [4.69, 9.17) is 4.52 Å². The molecular weight excluding hydrogens is 381 g/mol. The number of hydrogen-bond donors (Lipinski definition) is 1. The van der Waals surface area contributed by atoms with Crippen molar-refractivity contribution in [2.75, 3.05) is 13.1 Å². The summed E-state index contributed by atoms with van der Waals surface area (Å²) in [7, 11) is 0. The van der Waals surface area contributed by atoms with Crippen molar-refractivity contribution in [1.82, 2.24) is 10.1 Å². The van der Waals surface area contributed by atoms with Gasteiger partial charge in [0, 0.05) is 25.2 Å². The quantitative estimate of drug-likeness (QED) is 0.509. The first kappa shape index (κ1) is 21.2. The topological polar surface area (TPSA) is 49.5 Å². The molecule has 3 aromatic rings. The van der Waals surface area contributed by atoms with E-state index in [2.05, 4.69) is 37.8 Å². The van der Waals surface area contributed by atoms with Gasteiger partial charge in [-0.15, -0.1) is 0 Å². The minimum absolute atomic E-state index is 0.0641. The second-order valence-corrected chi connectivity index (χ2v) is 8.21. The van der Waals surface area contributed by atoms with E-state index in [0.29, 0.717) is 34.9 Å². The van der Waals surface area contributed by atoms with Gasteiger partial charge < -0.3 is 9.63 Å². The molecule has 156 valence electrons. The van der Waals surface area contributed by atoms with Gasteiger partial charge in [-0.05, 0) is 36.1 Å². The van der Waals surface area contributed by atoms with Crippen LogP contribution in [0, 0.1) is 29.3 Å². The van der Waals surface area contributed by atoms with Gasteiger partial charge >= 0.3 is 0 Å². The van der Waals surface area contributed by atoms with E-state index < -0.39 is 17.5 Å². The van der Waals surface area contributed by atoms with Gasteiger partial charge in [-0.3, -0.25) is 4.90 Å². The van der Waals surface area contributed by atoms with Crippen LogP contribution in [0.3, 0.4) is 0 Å². The molecule has 1 N–H and O–H groups in total. The smallest absolute Gasteiger partial charge is 0.194 e. The average molecular weight is 406 g/mol. The first-order valence-corrected chi connectivity index (χ1v) is 9.64. The highest BCUT2D eigenvalue weighted by Gasteiger charge is 2.21. The summed E-state index contributed by atoms with van der Waals surface area (Å²) in [4.78, 5) is 2.23. The largest absolute Gasteiger partial charge is 0.507 e. The van der Waals surface area contributed by atoms with Crippen molar-refractivity contribution in [2.24, 2.45) is 11.8 Å². The molecule has 3 rings (SSSR count). The predicted octanol–water partition coefficient (Wildman–Crippen LogP) is 5.73. The third-order valence-corrected chi connectivity index (χ3v) is 4.60. The molecule has 0 atom stereocenters. The molecule has 0 saturated carbocycles. The molecular formula is C22H25F3N2O2. The van der Waals surface area contributed by atoms with E-state index in [1.807, 2.05) is 0 Å². The summed E-state index contributed by atoms with van der Waals surface area (Å²) in [5.41, 5.74) is 1.17. The van der Waals surface area contributed by atoms with Gasteiger partial charge in [0.2, 0.25) is 0 Å². The molecule has 0 bridgehead atoms. The summed E-state index contributed by atoms with van der Waals surface area (Å²) >= 11 is 0. The molecule has 0 amide bonds. The molecule has 2 aromatic carbocycles. The van der Waals surface area contributed by atoms with Gasteiger partial charge in [-0.1, -0.05) is 32.9 Å². The average Bonchev–Trinajstić information content (AvgIpc) is 3.04. The van der Waals surface area contributed by atoms with Gasteiger partial charge in [0.25, 0.3) is 0 Å². The Morgan fingerprint density at radius 2 is 1.59 bits per heavy atom. The summed E-state index contributed by atoms with van der Waals surface area (Å²) in [5, 5.41) is 14.9. The van der Waals surface area contributed by atoms with Crippen LogP contribution in [0.15, 0.2) is 28.8 Å². The Kier molecular flexibility index (Phi) is 6.17. The molecule has 0 fully saturated rings. The maximum atomic E-state index is 13.7. The normalized spacial score (nSPS) is 12.1. The van der Waals surface area contributed by atoms with Crippen LogP contribution in [0.2, 0.25) is 0 Å². The number of aromatic nitrogens is 1. The monoisotopic (exact) mass is 406 g/mol. The molecule has 1 aromatic heterocycles. The highest BCUT2D eigenvalue weighted by atomic mass is 19.2. The number of nitrogens with zero attached hydrogens (tertiary/aromatic N) is 2. The van der Waals surface area contributed by atoms with Gasteiger partial charge in [0.15, 0.2) is 23.0 Å². The fraction of sp³-hybridized carbons (Fsp3) is 0.409. The summed E-state index contributed by atoms with van der Waals surface area (Å²) in [6.07, 6.45) is 0. The Balaban J connectivity index is 2.05. The third-order valence-electron chi connectivity index (χ3n) is 4.60. The summed E-state index contributed by atoms with van der Waals surface area (Å²) in [6.45, 7) is 10.6. The predicted molar refractivity (Wildman–Crippen MR) is 106 cm³/mol. The van der Waals surface area contributed by atoms with Crippen molar-refractivity contribution in [2.45, 2.75) is 34.2 Å². The van der Waals surface area contributed by atoms with Gasteiger partial charge in [-0.25, -0.2) is 13.2 Å². The van der Waals surface area contributed by atoms with E-state index in [0.717, 1.165) is 25.2 Å². The summed E-state index contributed by atoms with van der Waals surface area (Å²) in [5.74, 6) is -3.19. The van der Waals surface area contributed by atoms with Gasteiger partial charge in [-0.2, -0.15) is 0 Å². The maximum absolute atomic E-state index is 13.7. The lowest BCUT2D eigenvalue weighted by Crippen LogP contribution is -2.31. The second-order valence-electron chi connectivity index (χ2n) is 8.21. The summed E-state index contributed by atoms with van der Waals surface area (Å²) < 4.78 is 46.1. The van der Waals surface area contributed by atoms with Crippen molar-refractivity contribution >= 4 is 11.0 Å². The van der Waals surface area contributed by atoms with E-state index in [-0.39, 0.29) is 17.0 Å². The van der Waals surface area contributed by atoms with E-state index in [1.165, 1.54) is 6.07 Å². The Hall–Kier alpha value is -2.54. The number of benzene rings is 2. The fourth-order valence-corrected chi connectivity index (χ4v) is 3.56. The Morgan fingerprint density at radius 1 is 1.00 bits per heavy atom. The number of fused-ring (bicyclic) bond motifs is 1. The van der Waals surface area contributed by atoms with Crippen molar-refractivity contribution in [3.05, 3.63) is 47.3 Å². The maximum Gasteiger partial charge on any atom is 0.194 e. The van der Waals surface area contributed by atoms with E-state index >= 15 is 0 Å². The molecule has 4 nitrogen and oxygen atoms in total. The lowest BCUT2D eigenvalue weighted by Gasteiger charge is -2.26. The highest BCUT2D eigenvalue weighted by molar-refractivity contribution is 5.94. The Labute approximate surface area is 167 Å². The molecule has 0 aliphatic carbocycles. The second kappa shape index (κ2) is 8.45. The molecule has 7 heteroatoms.